The van der Waals surface area contributed by atoms with Crippen molar-refractivity contribution in [2.75, 3.05) is 6.54 Å². The van der Waals surface area contributed by atoms with Gasteiger partial charge >= 0.3 is 0 Å². The molecule has 0 fully saturated rings. The van der Waals surface area contributed by atoms with Crippen molar-refractivity contribution in [2.45, 2.75) is 19.0 Å². The molecular formula is C20H19NS. The largest absolute Gasteiger partial charge is 0.293 e. The zero-order chi connectivity index (χ0) is 14.8. The van der Waals surface area contributed by atoms with Gasteiger partial charge in [-0.15, -0.1) is 11.3 Å². The van der Waals surface area contributed by atoms with Gasteiger partial charge in [-0.3, -0.25) is 4.90 Å². The van der Waals surface area contributed by atoms with Gasteiger partial charge in [0.2, 0.25) is 0 Å². The van der Waals surface area contributed by atoms with E-state index in [0.717, 1.165) is 19.6 Å². The number of rotatable bonds is 3. The van der Waals surface area contributed by atoms with Gasteiger partial charge in [0, 0.05) is 30.4 Å². The van der Waals surface area contributed by atoms with Gasteiger partial charge in [0.15, 0.2) is 0 Å². The van der Waals surface area contributed by atoms with Crippen LogP contribution < -0.4 is 0 Å². The van der Waals surface area contributed by atoms with Crippen molar-refractivity contribution in [3.63, 3.8) is 0 Å². The first-order chi connectivity index (χ1) is 10.9. The molecule has 1 unspecified atom stereocenters. The molecule has 0 saturated heterocycles. The Morgan fingerprint density at radius 1 is 0.909 bits per heavy atom. The molecule has 0 amide bonds. The summed E-state index contributed by atoms with van der Waals surface area (Å²) >= 11 is 1.90. The van der Waals surface area contributed by atoms with Crippen molar-refractivity contribution in [3.05, 3.63) is 93.7 Å². The summed E-state index contributed by atoms with van der Waals surface area (Å²) in [5, 5.41) is 2.24. The predicted molar refractivity (Wildman–Crippen MR) is 93.2 cm³/mol. The van der Waals surface area contributed by atoms with Gasteiger partial charge in [-0.05, 0) is 28.1 Å². The first-order valence-corrected chi connectivity index (χ1v) is 8.65. The summed E-state index contributed by atoms with van der Waals surface area (Å²) in [6.45, 7) is 3.20. The molecule has 4 rings (SSSR count). The molecule has 2 heteroatoms. The molecule has 1 aromatic heterocycles. The highest BCUT2D eigenvalue weighted by Gasteiger charge is 2.27. The van der Waals surface area contributed by atoms with Crippen LogP contribution in [0.5, 0.6) is 0 Å². The van der Waals surface area contributed by atoms with E-state index in [9.17, 15) is 0 Å². The lowest BCUT2D eigenvalue weighted by atomic mass is 9.88. The van der Waals surface area contributed by atoms with E-state index in [-0.39, 0.29) is 0 Å². The number of hydrogen-bond donors (Lipinski definition) is 0. The highest BCUT2D eigenvalue weighted by Crippen LogP contribution is 2.36. The summed E-state index contributed by atoms with van der Waals surface area (Å²) in [7, 11) is 0. The lowest BCUT2D eigenvalue weighted by Crippen LogP contribution is -2.32. The fourth-order valence-electron chi connectivity index (χ4n) is 3.35. The summed E-state index contributed by atoms with van der Waals surface area (Å²) in [5.74, 6) is 0.500. The zero-order valence-corrected chi connectivity index (χ0v) is 13.3. The van der Waals surface area contributed by atoms with E-state index in [1.54, 1.807) is 0 Å². The molecule has 1 aliphatic heterocycles. The van der Waals surface area contributed by atoms with Crippen LogP contribution >= 0.6 is 11.3 Å². The quantitative estimate of drug-likeness (QED) is 0.665. The Kier molecular flexibility index (Phi) is 3.79. The van der Waals surface area contributed by atoms with Crippen LogP contribution in [0.15, 0.2) is 72.1 Å². The summed E-state index contributed by atoms with van der Waals surface area (Å²) < 4.78 is 0. The topological polar surface area (TPSA) is 3.24 Å². The van der Waals surface area contributed by atoms with Crippen LogP contribution in [0.25, 0.3) is 0 Å². The van der Waals surface area contributed by atoms with Crippen LogP contribution in [-0.4, -0.2) is 11.4 Å². The third kappa shape index (κ3) is 2.72. The number of benzene rings is 2. The van der Waals surface area contributed by atoms with Crippen LogP contribution in [0.3, 0.4) is 0 Å². The van der Waals surface area contributed by atoms with E-state index in [1.807, 2.05) is 11.3 Å². The minimum Gasteiger partial charge on any atom is -0.293 e. The SMILES string of the molecule is c1ccc(CN2Cc3sccc3C(c3ccccc3)C2)cc1. The van der Waals surface area contributed by atoms with Crippen molar-refractivity contribution in [2.24, 2.45) is 0 Å². The second-order valence-electron chi connectivity index (χ2n) is 5.92. The van der Waals surface area contributed by atoms with E-state index in [4.69, 9.17) is 0 Å². The maximum absolute atomic E-state index is 2.58. The molecule has 1 atom stereocenters. The van der Waals surface area contributed by atoms with Crippen molar-refractivity contribution in [1.29, 1.82) is 0 Å². The molecule has 0 aliphatic carbocycles. The van der Waals surface area contributed by atoms with E-state index in [2.05, 4.69) is 77.0 Å². The molecule has 0 spiro atoms. The molecule has 3 aromatic rings. The Balaban J connectivity index is 1.63. The fraction of sp³-hybridized carbons (Fsp3) is 0.200. The van der Waals surface area contributed by atoms with Crippen LogP contribution in [0.4, 0.5) is 0 Å². The van der Waals surface area contributed by atoms with Crippen LogP contribution in [0.1, 0.15) is 27.5 Å². The van der Waals surface area contributed by atoms with Gasteiger partial charge in [0.25, 0.3) is 0 Å². The van der Waals surface area contributed by atoms with E-state index in [1.165, 1.54) is 21.6 Å². The lowest BCUT2D eigenvalue weighted by molar-refractivity contribution is 0.235. The lowest BCUT2D eigenvalue weighted by Gasteiger charge is -2.33. The van der Waals surface area contributed by atoms with Crippen molar-refractivity contribution >= 4 is 11.3 Å². The van der Waals surface area contributed by atoms with Crippen LogP contribution in [0, 0.1) is 0 Å². The van der Waals surface area contributed by atoms with Crippen molar-refractivity contribution < 1.29 is 0 Å². The van der Waals surface area contributed by atoms with Crippen LogP contribution in [-0.2, 0) is 13.1 Å². The zero-order valence-electron chi connectivity index (χ0n) is 12.5. The second kappa shape index (κ2) is 6.07. The number of fused-ring (bicyclic) bond motifs is 1. The first-order valence-electron chi connectivity index (χ1n) is 7.77. The predicted octanol–water partition coefficient (Wildman–Crippen LogP) is 4.90. The highest BCUT2D eigenvalue weighted by molar-refractivity contribution is 7.10. The number of hydrogen-bond acceptors (Lipinski definition) is 2. The fourth-order valence-corrected chi connectivity index (χ4v) is 4.33. The van der Waals surface area contributed by atoms with Gasteiger partial charge in [-0.2, -0.15) is 0 Å². The highest BCUT2D eigenvalue weighted by atomic mass is 32.1. The molecule has 2 aromatic carbocycles. The maximum atomic E-state index is 2.58. The molecule has 1 aliphatic rings. The standard InChI is InChI=1S/C20H19NS/c1-3-7-16(8-4-1)13-21-14-19(17-9-5-2-6-10-17)18-11-12-22-20(18)15-21/h1-12,19H,13-15H2. The summed E-state index contributed by atoms with van der Waals surface area (Å²) in [6.07, 6.45) is 0. The Morgan fingerprint density at radius 3 is 2.41 bits per heavy atom. The normalized spacial score (nSPS) is 18.1. The van der Waals surface area contributed by atoms with Gasteiger partial charge in [-0.25, -0.2) is 0 Å². The monoisotopic (exact) mass is 305 g/mol. The third-order valence-electron chi connectivity index (χ3n) is 4.41. The Hall–Kier alpha value is -1.90. The third-order valence-corrected chi connectivity index (χ3v) is 5.34. The summed E-state index contributed by atoms with van der Waals surface area (Å²) in [4.78, 5) is 4.10. The second-order valence-corrected chi connectivity index (χ2v) is 6.92. The average Bonchev–Trinajstić information content (AvgIpc) is 3.04. The van der Waals surface area contributed by atoms with Crippen molar-refractivity contribution in [3.8, 4) is 0 Å². The Bertz CT molecular complexity index is 733. The van der Waals surface area contributed by atoms with Gasteiger partial charge in [0.05, 0.1) is 0 Å². The van der Waals surface area contributed by atoms with Crippen LogP contribution in [0.2, 0.25) is 0 Å². The minimum absolute atomic E-state index is 0.500. The summed E-state index contributed by atoms with van der Waals surface area (Å²) in [5.41, 5.74) is 4.36. The molecular weight excluding hydrogens is 286 g/mol. The van der Waals surface area contributed by atoms with Gasteiger partial charge in [-0.1, -0.05) is 60.7 Å². The number of nitrogens with zero attached hydrogens (tertiary/aromatic N) is 1. The van der Waals surface area contributed by atoms with E-state index < -0.39 is 0 Å². The van der Waals surface area contributed by atoms with E-state index >= 15 is 0 Å². The van der Waals surface area contributed by atoms with Gasteiger partial charge < -0.3 is 0 Å². The molecule has 22 heavy (non-hydrogen) atoms. The van der Waals surface area contributed by atoms with E-state index in [0.29, 0.717) is 5.92 Å². The molecule has 0 N–H and O–H groups in total. The summed E-state index contributed by atoms with van der Waals surface area (Å²) in [6, 6.07) is 24.0. The molecule has 0 saturated carbocycles. The van der Waals surface area contributed by atoms with Gasteiger partial charge in [0.1, 0.15) is 0 Å². The molecule has 0 radical (unpaired) electrons. The minimum atomic E-state index is 0.500. The smallest absolute Gasteiger partial charge is 0.0334 e. The number of thiophene rings is 1. The first kappa shape index (κ1) is 13.7. The van der Waals surface area contributed by atoms with Crippen molar-refractivity contribution in [1.82, 2.24) is 4.90 Å². The Morgan fingerprint density at radius 2 is 1.64 bits per heavy atom. The molecule has 1 nitrogen and oxygen atoms in total. The maximum Gasteiger partial charge on any atom is 0.0334 e. The average molecular weight is 305 g/mol. The Labute approximate surface area is 135 Å². The molecule has 2 heterocycles. The molecule has 110 valence electrons. The molecule has 0 bridgehead atoms.